The summed E-state index contributed by atoms with van der Waals surface area (Å²) in [4.78, 5) is 45.3. The predicted octanol–water partition coefficient (Wildman–Crippen LogP) is 16.4. The van der Waals surface area contributed by atoms with Crippen LogP contribution >= 0.6 is 23.2 Å². The van der Waals surface area contributed by atoms with Gasteiger partial charge in [0.2, 0.25) is 0 Å². The Morgan fingerprint density at radius 2 is 0.938 bits per heavy atom. The molecule has 0 N–H and O–H groups in total. The highest BCUT2D eigenvalue weighted by molar-refractivity contribution is 7.00. The molecule has 12 nitrogen and oxygen atoms in total. The van der Waals surface area contributed by atoms with E-state index in [2.05, 4.69) is 202 Å². The van der Waals surface area contributed by atoms with Crippen LogP contribution in [0, 0.1) is 16.7 Å². The third-order valence-corrected chi connectivity index (χ3v) is 29.4. The first-order valence-electron chi connectivity index (χ1n) is 33.9. The number of alkyl halides is 2. The molecule has 0 aromatic heterocycles. The topological polar surface area (TPSA) is 122 Å². The van der Waals surface area contributed by atoms with Crippen molar-refractivity contribution in [3.8, 4) is 23.0 Å². The van der Waals surface area contributed by atoms with Gasteiger partial charge >= 0.3 is 6.09 Å². The minimum absolute atomic E-state index is 0.0250. The Balaban J connectivity index is 0.000000263. The minimum Gasteiger partial charge on any atom is -0.493 e. The van der Waals surface area contributed by atoms with Gasteiger partial charge in [0.1, 0.15) is 11.4 Å². The summed E-state index contributed by atoms with van der Waals surface area (Å²) in [6.45, 7) is 36.0. The molecule has 1 saturated heterocycles. The van der Waals surface area contributed by atoms with Crippen LogP contribution in [0.2, 0.25) is 10.1 Å². The SMILES string of the molecule is C=C(CC(C)(C)CCO[Si](c1ccccc1)(c1ccccc1)C(C)(C)C)C(=O)C[C@@H]1c2cc(OC)c(OC)cc2CCN1C(=O)OC(C)(C)C.COc1cc2c(cc1OC)[C@H]1CC(=O)[C@H](CC(C)(C)CCO[Si](c3ccccc3)(c3ccccc3)C(C)(C)C)CN1CC2.ClCCl. The number of rotatable bonds is 23. The van der Waals surface area contributed by atoms with E-state index in [4.69, 9.17) is 55.7 Å². The lowest BCUT2D eigenvalue weighted by molar-refractivity contribution is -0.130. The lowest BCUT2D eigenvalue weighted by Gasteiger charge is -2.45. The van der Waals surface area contributed by atoms with Crippen molar-refractivity contribution >= 4 is 78.2 Å². The van der Waals surface area contributed by atoms with E-state index in [9.17, 15) is 14.4 Å². The molecule has 3 heterocycles. The first kappa shape index (κ1) is 77.1. The molecule has 96 heavy (non-hydrogen) atoms. The Morgan fingerprint density at radius 3 is 1.34 bits per heavy atom. The van der Waals surface area contributed by atoms with Gasteiger partial charge in [-0.1, -0.05) is 197 Å². The molecule has 1 fully saturated rings. The van der Waals surface area contributed by atoms with Gasteiger partial charge in [-0.05, 0) is 153 Å². The first-order chi connectivity index (χ1) is 45.3. The molecule has 3 atom stereocenters. The lowest BCUT2D eigenvalue weighted by Crippen LogP contribution is -2.66. The van der Waals surface area contributed by atoms with Crippen LogP contribution in [0.15, 0.2) is 158 Å². The maximum atomic E-state index is 14.0. The molecule has 0 unspecified atom stereocenters. The van der Waals surface area contributed by atoms with E-state index in [1.807, 2.05) is 45.0 Å². The number of carbonyl (C=O) groups excluding carboxylic acids is 3. The quantitative estimate of drug-likeness (QED) is 0.0346. The normalized spacial score (nSPS) is 16.8. The zero-order valence-electron chi connectivity index (χ0n) is 60.4. The molecule has 9 rings (SSSR count). The zero-order chi connectivity index (χ0) is 70.4. The van der Waals surface area contributed by atoms with Crippen LogP contribution in [0.1, 0.15) is 163 Å². The maximum Gasteiger partial charge on any atom is 0.410 e. The van der Waals surface area contributed by atoms with Crippen molar-refractivity contribution in [2.24, 2.45) is 16.7 Å². The average molecular weight is 1380 g/mol. The Labute approximate surface area is 586 Å². The van der Waals surface area contributed by atoms with Gasteiger partial charge in [-0.3, -0.25) is 14.5 Å². The summed E-state index contributed by atoms with van der Waals surface area (Å²) in [5, 5.41) is 5.12. The number of carbonyl (C=O) groups is 3. The van der Waals surface area contributed by atoms with Crippen molar-refractivity contribution in [1.82, 2.24) is 9.80 Å². The third kappa shape index (κ3) is 18.5. The van der Waals surface area contributed by atoms with Crippen LogP contribution in [0.3, 0.4) is 0 Å². The zero-order valence-corrected chi connectivity index (χ0v) is 63.9. The number of benzene rings is 6. The van der Waals surface area contributed by atoms with E-state index >= 15 is 0 Å². The molecule has 3 aliphatic heterocycles. The lowest BCUT2D eigenvalue weighted by atomic mass is 9.74. The van der Waals surface area contributed by atoms with Crippen LogP contribution < -0.4 is 39.7 Å². The molecule has 0 radical (unpaired) electrons. The number of halogens is 2. The number of hydrogen-bond acceptors (Lipinski definition) is 11. The fourth-order valence-electron chi connectivity index (χ4n) is 14.6. The number of Topliss-reactive ketones (excluding diaryl/α,β-unsaturated/α-hetero) is 2. The van der Waals surface area contributed by atoms with Crippen molar-refractivity contribution < 1.29 is 46.9 Å². The van der Waals surface area contributed by atoms with Crippen molar-refractivity contribution in [2.75, 3.05) is 66.6 Å². The molecule has 0 spiro atoms. The van der Waals surface area contributed by atoms with E-state index in [1.165, 1.54) is 31.9 Å². The summed E-state index contributed by atoms with van der Waals surface area (Å²) in [6, 6.07) is 50.6. The summed E-state index contributed by atoms with van der Waals surface area (Å²) in [6.07, 6.45) is 4.81. The van der Waals surface area contributed by atoms with Crippen molar-refractivity contribution in [3.05, 3.63) is 180 Å². The highest BCUT2D eigenvalue weighted by atomic mass is 35.5. The van der Waals surface area contributed by atoms with E-state index in [-0.39, 0.29) is 50.4 Å². The highest BCUT2D eigenvalue weighted by Crippen LogP contribution is 2.46. The Morgan fingerprint density at radius 1 is 0.552 bits per heavy atom. The van der Waals surface area contributed by atoms with E-state index in [1.54, 1.807) is 33.3 Å². The second kappa shape index (κ2) is 33.1. The molecule has 0 saturated carbocycles. The fourth-order valence-corrected chi connectivity index (χ4v) is 23.7. The average Bonchev–Trinajstić information content (AvgIpc) is 0.769. The molecule has 520 valence electrons. The third-order valence-electron chi connectivity index (χ3n) is 19.3. The number of piperidine rings is 1. The van der Waals surface area contributed by atoms with Crippen LogP contribution in [0.5, 0.6) is 23.0 Å². The second-order valence-corrected chi connectivity index (χ2v) is 39.9. The monoisotopic (exact) mass is 1380 g/mol. The molecule has 0 aliphatic carbocycles. The summed E-state index contributed by atoms with van der Waals surface area (Å²) in [5.74, 6) is 3.01. The van der Waals surface area contributed by atoms with Gasteiger partial charge in [-0.15, -0.1) is 23.2 Å². The summed E-state index contributed by atoms with van der Waals surface area (Å²) >= 11 is 9.53. The van der Waals surface area contributed by atoms with Gasteiger partial charge in [0.25, 0.3) is 16.6 Å². The molecule has 6 aromatic rings. The minimum atomic E-state index is -2.68. The standard InChI is InChI=1S/C42H57NO6Si.C37H49NO4Si.CH2Cl2/c1-30(29-42(8,9)23-25-48-50(41(5,6)7,32-18-14-12-15-19-32)33-20-16-13-17-21-33)36(44)28-35-34-27-38(47-11)37(46-10)26-31(34)22-24-43(35)39(45)49-40(2,3)4;1-36(2,3)43(29-14-10-8-11-15-29,30-16-12-9-13-17-30)42-21-19-37(4,5)25-28-26-38-20-18-27-22-34(40-6)35(41-7)23-31(27)32(38)24-33(28)39;2-1-3/h12-21,26-27,35H,1,22-25,28-29H2,2-11H3;8-17,22-23,28,32H,18-21,24-26H2,1-7H3;1H2/t35-;28-,32-;/m11./s1. The largest absolute Gasteiger partial charge is 0.493 e. The second-order valence-electron chi connectivity index (χ2n) is 30.4. The van der Waals surface area contributed by atoms with Gasteiger partial charge in [0, 0.05) is 57.6 Å². The highest BCUT2D eigenvalue weighted by Gasteiger charge is 2.52. The number of ether oxygens (including phenoxy) is 5. The molecule has 3 aliphatic rings. The van der Waals surface area contributed by atoms with Crippen molar-refractivity contribution in [2.45, 2.75) is 169 Å². The molecule has 6 aromatic carbocycles. The Kier molecular flexibility index (Phi) is 26.6. The number of amides is 1. The van der Waals surface area contributed by atoms with Crippen LogP contribution in [-0.4, -0.2) is 116 Å². The van der Waals surface area contributed by atoms with Gasteiger partial charge in [0.05, 0.1) is 39.8 Å². The van der Waals surface area contributed by atoms with Gasteiger partial charge in [-0.25, -0.2) is 4.79 Å². The Hall–Kier alpha value is -6.24. The van der Waals surface area contributed by atoms with Gasteiger partial charge < -0.3 is 37.4 Å². The first-order valence-corrected chi connectivity index (χ1v) is 38.8. The van der Waals surface area contributed by atoms with Crippen molar-refractivity contribution in [3.63, 3.8) is 0 Å². The number of fused-ring (bicyclic) bond motifs is 4. The maximum absolute atomic E-state index is 14.0. The molecular weight excluding hydrogens is 1280 g/mol. The smallest absolute Gasteiger partial charge is 0.410 e. The fraction of sp³-hybridized carbons (Fsp3) is 0.487. The Bertz CT molecular complexity index is 3450. The number of allylic oxidation sites excluding steroid dienone is 1. The van der Waals surface area contributed by atoms with Crippen LogP contribution in [-0.2, 0) is 36.0 Å². The number of hydrogen-bond donors (Lipinski definition) is 0. The van der Waals surface area contributed by atoms with Crippen LogP contribution in [0.25, 0.3) is 0 Å². The summed E-state index contributed by atoms with van der Waals surface area (Å²) < 4.78 is 42.5. The summed E-state index contributed by atoms with van der Waals surface area (Å²) in [7, 11) is 1.27. The van der Waals surface area contributed by atoms with Gasteiger partial charge in [-0.2, -0.15) is 0 Å². The number of ketones is 2. The molecule has 16 heteroatoms. The molecular formula is C80H108Cl2N2O10Si2. The van der Waals surface area contributed by atoms with Crippen molar-refractivity contribution in [1.29, 1.82) is 0 Å². The summed E-state index contributed by atoms with van der Waals surface area (Å²) in [5.41, 5.74) is 3.95. The van der Waals surface area contributed by atoms with E-state index in [0.29, 0.717) is 61.9 Å². The number of methoxy groups -OCH3 is 4. The predicted molar refractivity (Wildman–Crippen MR) is 398 cm³/mol. The number of nitrogens with zero attached hydrogens (tertiary/aromatic N) is 2. The molecule has 0 bridgehead atoms. The van der Waals surface area contributed by atoms with E-state index in [0.717, 1.165) is 61.4 Å². The van der Waals surface area contributed by atoms with Gasteiger partial charge in [0.15, 0.2) is 28.8 Å². The molecule has 1 amide bonds. The van der Waals surface area contributed by atoms with E-state index < -0.39 is 34.4 Å². The van der Waals surface area contributed by atoms with Crippen LogP contribution in [0.4, 0.5) is 4.79 Å².